The van der Waals surface area contributed by atoms with Crippen LogP contribution in [-0.2, 0) is 14.3 Å². The molecule has 1 heterocycles. The van der Waals surface area contributed by atoms with E-state index in [-0.39, 0.29) is 29.3 Å². The molecule has 0 amide bonds. The van der Waals surface area contributed by atoms with Gasteiger partial charge < -0.3 is 25.0 Å². The summed E-state index contributed by atoms with van der Waals surface area (Å²) < 4.78 is 6.22. The SMILES string of the molecule is CN1CCN(CCCNCCCCC[C@H]([C@H]2CCC[C@]3(C)[C@@H]2CC[C@@H]2[C@@]4(C)CC[C@H](OC(=O)CC(C)(C)C(=O)O)C(C)(C)[C@@H]4CC[C@]23C)C2(C)CC2)CC1. The van der Waals surface area contributed by atoms with E-state index in [1.165, 1.54) is 129 Å². The van der Waals surface area contributed by atoms with Crippen LogP contribution in [0.25, 0.3) is 0 Å². The highest BCUT2D eigenvalue weighted by Gasteiger charge is 2.69. The van der Waals surface area contributed by atoms with Gasteiger partial charge in [-0.2, -0.15) is 0 Å². The van der Waals surface area contributed by atoms with Gasteiger partial charge in [-0.3, -0.25) is 9.59 Å². The number of rotatable bonds is 16. The molecule has 0 bridgehead atoms. The van der Waals surface area contributed by atoms with Crippen molar-refractivity contribution in [2.24, 2.45) is 62.1 Å². The minimum atomic E-state index is -1.11. The number of carbonyl (C=O) groups is 2. The molecule has 6 fully saturated rings. The van der Waals surface area contributed by atoms with Gasteiger partial charge in [0.05, 0.1) is 11.8 Å². The third kappa shape index (κ3) is 8.23. The first kappa shape index (κ1) is 42.4. The monoisotopic (exact) mass is 754 g/mol. The Bertz CT molecular complexity index is 1300. The smallest absolute Gasteiger partial charge is 0.309 e. The Kier molecular flexibility index (Phi) is 12.7. The van der Waals surface area contributed by atoms with Crippen LogP contribution in [0.4, 0.5) is 0 Å². The van der Waals surface area contributed by atoms with Crippen molar-refractivity contribution < 1.29 is 19.4 Å². The van der Waals surface area contributed by atoms with E-state index in [0.717, 1.165) is 37.1 Å². The standard InChI is InChI=1S/C47H83N3O4/c1-42(2,41(52)53)33-40(51)54-39-20-22-45(6)37(43(39,3)4)19-23-47(8)38(45)18-17-36-34(15-13-21-46(36,47)7)35(44(5)24-25-44)16-11-10-12-26-48-27-14-28-50-31-29-49(9)30-32-50/h34-39,48H,10-33H2,1-9H3,(H,52,53)/t34-,35-,36-,37+,38-,39+,45+,46-,47-/m1/s1. The van der Waals surface area contributed by atoms with Crippen molar-refractivity contribution >= 4 is 11.9 Å². The van der Waals surface area contributed by atoms with Gasteiger partial charge in [0, 0.05) is 31.6 Å². The van der Waals surface area contributed by atoms with Crippen molar-refractivity contribution in [2.45, 2.75) is 171 Å². The maximum absolute atomic E-state index is 13.1. The molecule has 5 saturated carbocycles. The summed E-state index contributed by atoms with van der Waals surface area (Å²) in [6, 6.07) is 0. The molecule has 0 radical (unpaired) electrons. The second-order valence-electron chi connectivity index (χ2n) is 22.3. The fourth-order valence-electron chi connectivity index (χ4n) is 14.4. The molecular weight excluding hydrogens is 671 g/mol. The highest BCUT2D eigenvalue weighted by Crippen LogP contribution is 2.75. The van der Waals surface area contributed by atoms with Crippen LogP contribution in [-0.4, -0.2) is 85.8 Å². The summed E-state index contributed by atoms with van der Waals surface area (Å²) in [7, 11) is 2.24. The summed E-state index contributed by atoms with van der Waals surface area (Å²) in [6.07, 6.45) is 21.0. The summed E-state index contributed by atoms with van der Waals surface area (Å²) in [4.78, 5) is 29.9. The van der Waals surface area contributed by atoms with Crippen LogP contribution in [0.2, 0.25) is 0 Å². The Balaban J connectivity index is 1.05. The molecule has 310 valence electrons. The number of piperazine rings is 1. The first-order valence-electron chi connectivity index (χ1n) is 22.9. The number of esters is 1. The zero-order valence-corrected chi connectivity index (χ0v) is 36.5. The number of likely N-dealkylation sites (N-methyl/N-ethyl adjacent to an activating group) is 1. The van der Waals surface area contributed by atoms with Crippen LogP contribution in [0.3, 0.4) is 0 Å². The van der Waals surface area contributed by atoms with Gasteiger partial charge in [-0.05, 0) is 175 Å². The third-order valence-electron chi connectivity index (χ3n) is 18.3. The summed E-state index contributed by atoms with van der Waals surface area (Å²) in [6.45, 7) is 27.2. The van der Waals surface area contributed by atoms with Gasteiger partial charge in [-0.25, -0.2) is 0 Å². The number of fused-ring (bicyclic) bond motifs is 5. The highest BCUT2D eigenvalue weighted by molar-refractivity contribution is 5.81. The number of hydrogen-bond donors (Lipinski definition) is 2. The van der Waals surface area contributed by atoms with Gasteiger partial charge in [0.15, 0.2) is 0 Å². The van der Waals surface area contributed by atoms with E-state index in [2.05, 4.69) is 63.7 Å². The van der Waals surface area contributed by atoms with Crippen LogP contribution >= 0.6 is 0 Å². The van der Waals surface area contributed by atoms with Crippen molar-refractivity contribution in [2.75, 3.05) is 52.9 Å². The lowest BCUT2D eigenvalue weighted by molar-refractivity contribution is -0.244. The maximum Gasteiger partial charge on any atom is 0.309 e. The summed E-state index contributed by atoms with van der Waals surface area (Å²) in [5, 5.41) is 13.4. The van der Waals surface area contributed by atoms with Crippen molar-refractivity contribution in [3.63, 3.8) is 0 Å². The Morgan fingerprint density at radius 3 is 2.19 bits per heavy atom. The van der Waals surface area contributed by atoms with Crippen molar-refractivity contribution in [1.29, 1.82) is 0 Å². The fourth-order valence-corrected chi connectivity index (χ4v) is 14.4. The van der Waals surface area contributed by atoms with E-state index in [0.29, 0.717) is 28.1 Å². The number of aliphatic carboxylic acids is 1. The fraction of sp³-hybridized carbons (Fsp3) is 0.957. The molecule has 0 unspecified atom stereocenters. The molecule has 7 nitrogen and oxygen atoms in total. The van der Waals surface area contributed by atoms with Crippen molar-refractivity contribution in [3.8, 4) is 0 Å². The number of carbonyl (C=O) groups excluding carboxylic acids is 1. The molecule has 0 aromatic heterocycles. The number of carboxylic acid groups (broad SMARTS) is 1. The van der Waals surface area contributed by atoms with Gasteiger partial charge in [0.1, 0.15) is 6.10 Å². The normalized spacial score (nSPS) is 38.4. The van der Waals surface area contributed by atoms with Crippen LogP contribution in [0, 0.1) is 62.1 Å². The highest BCUT2D eigenvalue weighted by atomic mass is 16.5. The molecule has 0 spiro atoms. The van der Waals surface area contributed by atoms with Crippen LogP contribution in [0.1, 0.15) is 165 Å². The third-order valence-corrected chi connectivity index (χ3v) is 18.3. The molecular formula is C47H83N3O4. The van der Waals surface area contributed by atoms with Gasteiger partial charge in [0.2, 0.25) is 0 Å². The number of hydrogen-bond acceptors (Lipinski definition) is 6. The zero-order valence-electron chi connectivity index (χ0n) is 36.5. The van der Waals surface area contributed by atoms with Crippen LogP contribution in [0.15, 0.2) is 0 Å². The quantitative estimate of drug-likeness (QED) is 0.120. The predicted octanol–water partition coefficient (Wildman–Crippen LogP) is 9.68. The zero-order chi connectivity index (χ0) is 39.2. The average molecular weight is 754 g/mol. The van der Waals surface area contributed by atoms with Gasteiger partial charge >= 0.3 is 11.9 Å². The molecule has 1 aliphatic heterocycles. The molecule has 1 saturated heterocycles. The van der Waals surface area contributed by atoms with Crippen LogP contribution in [0.5, 0.6) is 0 Å². The number of nitrogens with one attached hydrogen (secondary N) is 1. The van der Waals surface area contributed by atoms with Gasteiger partial charge in [-0.1, -0.05) is 60.8 Å². The van der Waals surface area contributed by atoms with E-state index < -0.39 is 11.4 Å². The predicted molar refractivity (Wildman–Crippen MR) is 220 cm³/mol. The van der Waals surface area contributed by atoms with Gasteiger partial charge in [-0.15, -0.1) is 0 Å². The van der Waals surface area contributed by atoms with Crippen molar-refractivity contribution in [1.82, 2.24) is 15.1 Å². The Morgan fingerprint density at radius 2 is 1.50 bits per heavy atom. The van der Waals surface area contributed by atoms with E-state index >= 15 is 0 Å². The first-order chi connectivity index (χ1) is 25.4. The molecule has 2 N–H and O–H groups in total. The lowest BCUT2D eigenvalue weighted by Gasteiger charge is -2.72. The van der Waals surface area contributed by atoms with E-state index in [4.69, 9.17) is 4.74 Å². The van der Waals surface area contributed by atoms with E-state index in [9.17, 15) is 14.7 Å². The molecule has 0 aromatic rings. The molecule has 7 heteroatoms. The molecule has 54 heavy (non-hydrogen) atoms. The summed E-state index contributed by atoms with van der Waals surface area (Å²) in [5.74, 6) is 2.53. The number of nitrogens with zero attached hydrogens (tertiary/aromatic N) is 2. The molecule has 6 rings (SSSR count). The Hall–Kier alpha value is -1.18. The maximum atomic E-state index is 13.1. The van der Waals surface area contributed by atoms with E-state index in [1.807, 2.05) is 0 Å². The molecule has 9 atom stereocenters. The second-order valence-corrected chi connectivity index (χ2v) is 22.3. The molecule has 6 aliphatic rings. The minimum Gasteiger partial charge on any atom is -0.481 e. The largest absolute Gasteiger partial charge is 0.481 e. The summed E-state index contributed by atoms with van der Waals surface area (Å²) in [5.41, 5.74) is 0.305. The molecule has 0 aromatic carbocycles. The van der Waals surface area contributed by atoms with Crippen molar-refractivity contribution in [3.05, 3.63) is 0 Å². The Labute approximate surface area is 331 Å². The number of unbranched alkanes of at least 4 members (excludes halogenated alkanes) is 2. The van der Waals surface area contributed by atoms with Gasteiger partial charge in [0.25, 0.3) is 0 Å². The Morgan fingerprint density at radius 1 is 0.796 bits per heavy atom. The first-order valence-corrected chi connectivity index (χ1v) is 22.9. The van der Waals surface area contributed by atoms with E-state index in [1.54, 1.807) is 13.8 Å². The average Bonchev–Trinajstić information content (AvgIpc) is 3.85. The van der Waals surface area contributed by atoms with Crippen LogP contribution < -0.4 is 5.32 Å². The number of ether oxygens (including phenoxy) is 1. The summed E-state index contributed by atoms with van der Waals surface area (Å²) >= 11 is 0. The molecule has 5 aliphatic carbocycles. The second kappa shape index (κ2) is 16.2. The number of carboxylic acids is 1. The topological polar surface area (TPSA) is 82.1 Å². The lowest BCUT2D eigenvalue weighted by Crippen LogP contribution is -2.66. The lowest BCUT2D eigenvalue weighted by atomic mass is 9.33. The minimum absolute atomic E-state index is 0.0761.